The summed E-state index contributed by atoms with van der Waals surface area (Å²) in [6.07, 6.45) is 2.08. The van der Waals surface area contributed by atoms with Crippen molar-refractivity contribution in [3.05, 3.63) is 38.9 Å². The number of aromatic nitrogens is 2. The molecule has 4 heterocycles. The molecule has 4 rings (SSSR count). The lowest BCUT2D eigenvalue weighted by Gasteiger charge is -2.30. The monoisotopic (exact) mass is 571 g/mol. The number of ether oxygens (including phenoxy) is 1. The van der Waals surface area contributed by atoms with Gasteiger partial charge in [-0.1, -0.05) is 11.6 Å². The highest BCUT2D eigenvalue weighted by Crippen LogP contribution is 2.24. The summed E-state index contributed by atoms with van der Waals surface area (Å²) < 4.78 is 5.30. The third-order valence-electron chi connectivity index (χ3n) is 5.68. The molecule has 1 fully saturated rings. The summed E-state index contributed by atoms with van der Waals surface area (Å²) in [6.45, 7) is 2.76. The molecule has 2 aliphatic rings. The van der Waals surface area contributed by atoms with E-state index in [9.17, 15) is 19.2 Å². The Morgan fingerprint density at radius 1 is 1.16 bits per heavy atom. The van der Waals surface area contributed by atoms with Crippen molar-refractivity contribution >= 4 is 64.8 Å². The molecule has 2 aromatic heterocycles. The van der Waals surface area contributed by atoms with E-state index in [0.717, 1.165) is 23.5 Å². The molecule has 3 N–H and O–H groups in total. The van der Waals surface area contributed by atoms with E-state index in [2.05, 4.69) is 30.8 Å². The lowest BCUT2D eigenvalue weighted by molar-refractivity contribution is -0.138. The fourth-order valence-corrected chi connectivity index (χ4v) is 4.95. The Morgan fingerprint density at radius 3 is 2.62 bits per heavy atom. The number of rotatable bonds is 6. The Hall–Kier alpha value is -2.84. The Bertz CT molecular complexity index is 1140. The van der Waals surface area contributed by atoms with Crippen molar-refractivity contribution in [1.82, 2.24) is 30.4 Å². The van der Waals surface area contributed by atoms with Gasteiger partial charge in [-0.15, -0.1) is 23.7 Å². The average molecular weight is 572 g/mol. The van der Waals surface area contributed by atoms with Crippen molar-refractivity contribution in [2.24, 2.45) is 0 Å². The number of nitrogens with zero attached hydrogens (tertiary/aromatic N) is 4. The highest BCUT2D eigenvalue weighted by Gasteiger charge is 2.30. The number of anilines is 1. The summed E-state index contributed by atoms with van der Waals surface area (Å²) in [5.41, 5.74) is 0.889. The lowest BCUT2D eigenvalue weighted by Crippen LogP contribution is -2.56. The maximum absolute atomic E-state index is 13.2. The minimum atomic E-state index is -1.09. The van der Waals surface area contributed by atoms with Gasteiger partial charge in [0.25, 0.3) is 5.91 Å². The second-order valence-electron chi connectivity index (χ2n) is 8.37. The fraction of sp³-hybridized carbons (Fsp3) is 0.455. The summed E-state index contributed by atoms with van der Waals surface area (Å²) in [5, 5.41) is 8.10. The molecule has 200 valence electrons. The number of amides is 4. The molecule has 0 bridgehead atoms. The average Bonchev–Trinajstić information content (AvgIpc) is 3.31. The number of thiazole rings is 1. The first-order valence-electron chi connectivity index (χ1n) is 11.4. The molecule has 1 unspecified atom stereocenters. The summed E-state index contributed by atoms with van der Waals surface area (Å²) in [5.74, 6) is -2.69. The van der Waals surface area contributed by atoms with Crippen LogP contribution in [0.15, 0.2) is 18.3 Å². The summed E-state index contributed by atoms with van der Waals surface area (Å²) in [6, 6.07) is 1.87. The molecule has 2 aromatic rings. The Morgan fingerprint density at radius 2 is 1.92 bits per heavy atom. The van der Waals surface area contributed by atoms with Gasteiger partial charge in [0, 0.05) is 50.2 Å². The molecule has 1 saturated heterocycles. The third kappa shape index (κ3) is 7.58. The molecule has 4 amide bonds. The van der Waals surface area contributed by atoms with Crippen LogP contribution in [0.2, 0.25) is 5.02 Å². The second-order valence-corrected chi connectivity index (χ2v) is 9.89. The third-order valence-corrected chi connectivity index (χ3v) is 6.99. The zero-order valence-electron chi connectivity index (χ0n) is 20.0. The maximum Gasteiger partial charge on any atom is 0.314 e. The maximum atomic E-state index is 13.2. The van der Waals surface area contributed by atoms with Gasteiger partial charge >= 0.3 is 11.8 Å². The van der Waals surface area contributed by atoms with E-state index in [4.69, 9.17) is 16.3 Å². The van der Waals surface area contributed by atoms with Crippen molar-refractivity contribution < 1.29 is 23.9 Å². The predicted molar refractivity (Wildman–Crippen MR) is 139 cm³/mol. The van der Waals surface area contributed by atoms with Crippen LogP contribution in [-0.2, 0) is 32.1 Å². The van der Waals surface area contributed by atoms with E-state index >= 15 is 0 Å². The molecular weight excluding hydrogens is 545 g/mol. The van der Waals surface area contributed by atoms with Gasteiger partial charge in [0.15, 0.2) is 5.01 Å². The smallest absolute Gasteiger partial charge is 0.314 e. The number of nitrogens with one attached hydrogen (secondary N) is 3. The number of carbonyl (C=O) groups is 4. The van der Waals surface area contributed by atoms with E-state index in [-0.39, 0.29) is 35.7 Å². The first-order valence-corrected chi connectivity index (χ1v) is 12.5. The summed E-state index contributed by atoms with van der Waals surface area (Å²) in [7, 11) is 2.00. The molecule has 0 aliphatic carbocycles. The quantitative estimate of drug-likeness (QED) is 0.420. The predicted octanol–water partition coefficient (Wildman–Crippen LogP) is 0.313. The highest BCUT2D eigenvalue weighted by atomic mass is 35.5. The number of carbonyl (C=O) groups excluding carboxylic acids is 4. The molecule has 0 aromatic carbocycles. The van der Waals surface area contributed by atoms with Gasteiger partial charge in [-0.25, -0.2) is 9.97 Å². The van der Waals surface area contributed by atoms with Crippen molar-refractivity contribution in [3.8, 4) is 0 Å². The molecule has 0 saturated carbocycles. The van der Waals surface area contributed by atoms with E-state index in [0.29, 0.717) is 37.9 Å². The second kappa shape index (κ2) is 13.1. The molecular formula is C22H27Cl2N7O5S. The first kappa shape index (κ1) is 28.7. The van der Waals surface area contributed by atoms with Gasteiger partial charge in [-0.05, 0) is 19.2 Å². The Balaban J connectivity index is 0.00000380. The molecule has 37 heavy (non-hydrogen) atoms. The van der Waals surface area contributed by atoms with Crippen LogP contribution >= 0.6 is 35.3 Å². The van der Waals surface area contributed by atoms with Gasteiger partial charge in [-0.2, -0.15) is 0 Å². The zero-order chi connectivity index (χ0) is 25.7. The van der Waals surface area contributed by atoms with E-state index in [1.165, 1.54) is 29.7 Å². The summed E-state index contributed by atoms with van der Waals surface area (Å²) >= 11 is 7.06. The van der Waals surface area contributed by atoms with Gasteiger partial charge in [0.2, 0.25) is 5.91 Å². The number of likely N-dealkylation sites (N-methyl/N-ethyl adjacent to an activating group) is 1. The zero-order valence-corrected chi connectivity index (χ0v) is 22.4. The fourth-order valence-electron chi connectivity index (χ4n) is 3.74. The van der Waals surface area contributed by atoms with Crippen LogP contribution in [0.1, 0.15) is 20.4 Å². The van der Waals surface area contributed by atoms with Gasteiger partial charge < -0.3 is 30.5 Å². The van der Waals surface area contributed by atoms with Crippen LogP contribution < -0.4 is 16.0 Å². The topological polar surface area (TPSA) is 146 Å². The van der Waals surface area contributed by atoms with Crippen LogP contribution in [0.3, 0.4) is 0 Å². The first-order chi connectivity index (χ1) is 17.3. The number of hydrogen-bond acceptors (Lipinski definition) is 9. The number of fused-ring (bicyclic) bond motifs is 1. The van der Waals surface area contributed by atoms with Gasteiger partial charge in [0.1, 0.15) is 11.9 Å². The van der Waals surface area contributed by atoms with Crippen molar-refractivity contribution in [1.29, 1.82) is 0 Å². The van der Waals surface area contributed by atoms with Crippen molar-refractivity contribution in [3.63, 3.8) is 0 Å². The van der Waals surface area contributed by atoms with Gasteiger partial charge in [0.05, 0.1) is 23.9 Å². The van der Waals surface area contributed by atoms with Crippen LogP contribution in [-0.4, -0.2) is 95.9 Å². The SMILES string of the molecule is CN1CCc2nc(C(=O)NC(CNC(=O)C(=O)Nc3ccc(Cl)cn3)C(=O)N3CCOCC3)sc2C1.Cl. The molecule has 12 nitrogen and oxygen atoms in total. The Kier molecular flexibility index (Phi) is 10.2. The minimum Gasteiger partial charge on any atom is -0.378 e. The standard InChI is InChI=1S/C22H26ClN7O5S.ClH/c1-29-5-4-14-16(12-29)36-21(27-14)20(33)26-15(22(34)30-6-8-35-9-7-30)11-25-18(31)19(32)28-17-3-2-13(23)10-24-17;/h2-3,10,15H,4-9,11-12H2,1H3,(H,25,31)(H,26,33)(H,24,28,32);1H. The lowest BCUT2D eigenvalue weighted by atomic mass is 10.2. The van der Waals surface area contributed by atoms with E-state index < -0.39 is 23.8 Å². The van der Waals surface area contributed by atoms with Crippen molar-refractivity contribution in [2.75, 3.05) is 51.8 Å². The minimum absolute atomic E-state index is 0. The number of pyridine rings is 1. The molecule has 0 spiro atoms. The van der Waals surface area contributed by atoms with E-state index in [1.807, 2.05) is 7.05 Å². The molecule has 1 atom stereocenters. The highest BCUT2D eigenvalue weighted by molar-refractivity contribution is 7.13. The number of hydrogen-bond donors (Lipinski definition) is 3. The Labute approximate surface area is 228 Å². The molecule has 15 heteroatoms. The number of morpholine rings is 1. The normalized spacial score (nSPS) is 16.1. The van der Waals surface area contributed by atoms with Crippen LogP contribution in [0.5, 0.6) is 0 Å². The van der Waals surface area contributed by atoms with Crippen LogP contribution in [0.4, 0.5) is 5.82 Å². The van der Waals surface area contributed by atoms with Gasteiger partial charge in [-0.3, -0.25) is 19.2 Å². The van der Waals surface area contributed by atoms with E-state index in [1.54, 1.807) is 4.90 Å². The molecule has 2 aliphatic heterocycles. The van der Waals surface area contributed by atoms with Crippen molar-refractivity contribution in [2.45, 2.75) is 19.0 Å². The molecule has 0 radical (unpaired) electrons. The van der Waals surface area contributed by atoms with Crippen LogP contribution in [0, 0.1) is 0 Å². The van der Waals surface area contributed by atoms with Crippen LogP contribution in [0.25, 0.3) is 0 Å². The number of halogens is 2. The largest absolute Gasteiger partial charge is 0.378 e. The summed E-state index contributed by atoms with van der Waals surface area (Å²) in [4.78, 5) is 63.9.